The van der Waals surface area contributed by atoms with Crippen LogP contribution in [0.3, 0.4) is 0 Å². The number of aryl methyl sites for hydroxylation is 1. The summed E-state index contributed by atoms with van der Waals surface area (Å²) in [5.41, 5.74) is 1.42. The first-order valence-corrected chi connectivity index (χ1v) is 7.28. The van der Waals surface area contributed by atoms with Crippen molar-refractivity contribution in [3.05, 3.63) is 36.2 Å². The van der Waals surface area contributed by atoms with Crippen molar-refractivity contribution in [2.24, 2.45) is 7.05 Å². The third kappa shape index (κ3) is 2.90. The number of carbonyl (C=O) groups is 1. The van der Waals surface area contributed by atoms with Crippen LogP contribution >= 0.6 is 0 Å². The van der Waals surface area contributed by atoms with E-state index in [9.17, 15) is 4.79 Å². The lowest BCUT2D eigenvalue weighted by molar-refractivity contribution is -0.115. The van der Waals surface area contributed by atoms with Crippen LogP contribution in [0.2, 0.25) is 0 Å². The van der Waals surface area contributed by atoms with Crippen LogP contribution in [0.5, 0.6) is 11.5 Å². The highest BCUT2D eigenvalue weighted by atomic mass is 16.7. The molecule has 2 aromatic rings. The van der Waals surface area contributed by atoms with Gasteiger partial charge < -0.3 is 14.8 Å². The maximum Gasteiger partial charge on any atom is 0.248 e. The summed E-state index contributed by atoms with van der Waals surface area (Å²) >= 11 is 0. The molecule has 6 nitrogen and oxygen atoms in total. The van der Waals surface area contributed by atoms with Crippen molar-refractivity contribution in [3.8, 4) is 11.5 Å². The zero-order valence-corrected chi connectivity index (χ0v) is 12.9. The molecule has 1 N–H and O–H groups in total. The number of rotatable bonds is 4. The van der Waals surface area contributed by atoms with Crippen LogP contribution in [0.4, 0.5) is 5.69 Å². The van der Waals surface area contributed by atoms with Crippen LogP contribution in [0, 0.1) is 0 Å². The predicted molar refractivity (Wildman–Crippen MR) is 81.9 cm³/mol. The lowest BCUT2D eigenvalue weighted by Crippen LogP contribution is -2.33. The second kappa shape index (κ2) is 5.36. The van der Waals surface area contributed by atoms with Gasteiger partial charge in [0.15, 0.2) is 11.5 Å². The Morgan fingerprint density at radius 1 is 1.32 bits per heavy atom. The molecule has 22 heavy (non-hydrogen) atoms. The Morgan fingerprint density at radius 2 is 2.09 bits per heavy atom. The molecule has 0 aliphatic carbocycles. The summed E-state index contributed by atoms with van der Waals surface area (Å²) < 4.78 is 13.2. The number of amides is 1. The molecule has 1 amide bonds. The molecule has 0 bridgehead atoms. The maximum absolute atomic E-state index is 12.0. The summed E-state index contributed by atoms with van der Waals surface area (Å²) in [5.74, 6) is 0.613. The number of aromatic nitrogens is 2. The lowest BCUT2D eigenvalue weighted by Gasteiger charge is -2.20. The molecule has 0 saturated heterocycles. The molecule has 1 aliphatic rings. The molecule has 1 aromatic heterocycles. The van der Waals surface area contributed by atoms with Gasteiger partial charge >= 0.3 is 0 Å². The minimum atomic E-state index is -0.626. The van der Waals surface area contributed by atoms with E-state index in [4.69, 9.17) is 9.47 Å². The summed E-state index contributed by atoms with van der Waals surface area (Å²) in [7, 11) is 1.82. The second-order valence-corrected chi connectivity index (χ2v) is 5.56. The number of fused-ring (bicyclic) bond motifs is 1. The third-order valence-electron chi connectivity index (χ3n) is 3.63. The van der Waals surface area contributed by atoms with E-state index in [2.05, 4.69) is 10.4 Å². The molecule has 6 heteroatoms. The number of carbonyl (C=O) groups excluding carboxylic acids is 1. The van der Waals surface area contributed by atoms with E-state index in [0.29, 0.717) is 17.2 Å². The Bertz CT molecular complexity index is 710. The molecule has 0 spiro atoms. The second-order valence-electron chi connectivity index (χ2n) is 5.56. The van der Waals surface area contributed by atoms with Gasteiger partial charge in [0.1, 0.15) is 0 Å². The van der Waals surface area contributed by atoms with E-state index < -0.39 is 5.79 Å². The molecule has 1 aromatic carbocycles. The quantitative estimate of drug-likeness (QED) is 0.942. The molecule has 3 rings (SSSR count). The fourth-order valence-corrected chi connectivity index (χ4v) is 2.31. The molecule has 116 valence electrons. The fourth-order valence-electron chi connectivity index (χ4n) is 2.31. The number of nitrogens with zero attached hydrogens (tertiary/aromatic N) is 2. The molecule has 1 atom stereocenters. The topological polar surface area (TPSA) is 65.4 Å². The fraction of sp³-hybridized carbons (Fsp3) is 0.375. The van der Waals surface area contributed by atoms with Crippen LogP contribution in [0.1, 0.15) is 26.0 Å². The highest BCUT2D eigenvalue weighted by Crippen LogP contribution is 2.41. The van der Waals surface area contributed by atoms with Gasteiger partial charge in [-0.25, -0.2) is 0 Å². The summed E-state index contributed by atoms with van der Waals surface area (Å²) in [6, 6.07) is 7.23. The van der Waals surface area contributed by atoms with Crippen molar-refractivity contribution in [2.45, 2.75) is 32.5 Å². The Balaban J connectivity index is 1.67. The Kier molecular flexibility index (Phi) is 3.52. The van der Waals surface area contributed by atoms with E-state index in [0.717, 1.165) is 12.1 Å². The van der Waals surface area contributed by atoms with Gasteiger partial charge in [0.25, 0.3) is 0 Å². The van der Waals surface area contributed by atoms with Crippen LogP contribution in [0.15, 0.2) is 30.5 Å². The average Bonchev–Trinajstić information content (AvgIpc) is 3.01. The third-order valence-corrected chi connectivity index (χ3v) is 3.63. The molecule has 2 heterocycles. The molecule has 0 saturated carbocycles. The standard InChI is InChI=1S/C16H19N3O3/c1-4-16(2)21-13-6-5-11(9-14(13)22-16)17-15(20)10-12-7-8-19(3)18-12/h5-9H,4,10H2,1-3H3,(H,17,20)/t16-/m0/s1. The Morgan fingerprint density at radius 3 is 2.77 bits per heavy atom. The van der Waals surface area contributed by atoms with Gasteiger partial charge in [-0.1, -0.05) is 6.92 Å². The zero-order valence-electron chi connectivity index (χ0n) is 12.9. The number of nitrogens with one attached hydrogen (secondary N) is 1. The normalized spacial score (nSPS) is 19.2. The highest BCUT2D eigenvalue weighted by molar-refractivity contribution is 5.92. The molecule has 0 unspecified atom stereocenters. The molecular weight excluding hydrogens is 282 g/mol. The lowest BCUT2D eigenvalue weighted by atomic mass is 10.2. The Labute approximate surface area is 129 Å². The minimum absolute atomic E-state index is 0.115. The SMILES string of the molecule is CC[C@@]1(C)Oc2ccc(NC(=O)Cc3ccn(C)n3)cc2O1. The first-order valence-electron chi connectivity index (χ1n) is 7.28. The highest BCUT2D eigenvalue weighted by Gasteiger charge is 2.34. The summed E-state index contributed by atoms with van der Waals surface area (Å²) in [6.07, 6.45) is 2.79. The first kappa shape index (κ1) is 14.4. The van der Waals surface area contributed by atoms with Crippen molar-refractivity contribution in [3.63, 3.8) is 0 Å². The van der Waals surface area contributed by atoms with Crippen molar-refractivity contribution < 1.29 is 14.3 Å². The number of anilines is 1. The summed E-state index contributed by atoms with van der Waals surface area (Å²) in [6.45, 7) is 3.90. The minimum Gasteiger partial charge on any atom is -0.449 e. The zero-order chi connectivity index (χ0) is 15.7. The number of hydrogen-bond acceptors (Lipinski definition) is 4. The van der Waals surface area contributed by atoms with Crippen LogP contribution in [-0.2, 0) is 18.3 Å². The number of hydrogen-bond donors (Lipinski definition) is 1. The molecule has 0 radical (unpaired) electrons. The van der Waals surface area contributed by atoms with Gasteiger partial charge in [-0.3, -0.25) is 9.48 Å². The molecule has 0 fully saturated rings. The summed E-state index contributed by atoms with van der Waals surface area (Å²) in [4.78, 5) is 12.0. The van der Waals surface area contributed by atoms with Gasteiger partial charge in [0.2, 0.25) is 11.7 Å². The van der Waals surface area contributed by atoms with Gasteiger partial charge in [-0.15, -0.1) is 0 Å². The molecular formula is C16H19N3O3. The van der Waals surface area contributed by atoms with Gasteiger partial charge in [0, 0.05) is 38.3 Å². The van der Waals surface area contributed by atoms with Crippen molar-refractivity contribution in [2.75, 3.05) is 5.32 Å². The van der Waals surface area contributed by atoms with Crippen LogP contribution in [0.25, 0.3) is 0 Å². The van der Waals surface area contributed by atoms with E-state index in [1.807, 2.05) is 39.2 Å². The van der Waals surface area contributed by atoms with E-state index in [1.165, 1.54) is 0 Å². The predicted octanol–water partition coefficient (Wildman–Crippen LogP) is 2.50. The Hall–Kier alpha value is -2.50. The van der Waals surface area contributed by atoms with Crippen molar-refractivity contribution in [1.82, 2.24) is 9.78 Å². The van der Waals surface area contributed by atoms with Crippen LogP contribution in [-0.4, -0.2) is 21.5 Å². The van der Waals surface area contributed by atoms with Crippen LogP contribution < -0.4 is 14.8 Å². The largest absolute Gasteiger partial charge is 0.449 e. The number of benzene rings is 1. The first-order chi connectivity index (χ1) is 10.5. The van der Waals surface area contributed by atoms with E-state index >= 15 is 0 Å². The van der Waals surface area contributed by atoms with Crippen molar-refractivity contribution in [1.29, 1.82) is 0 Å². The number of ether oxygens (including phenoxy) is 2. The summed E-state index contributed by atoms with van der Waals surface area (Å²) in [5, 5.41) is 7.04. The van der Waals surface area contributed by atoms with E-state index in [-0.39, 0.29) is 12.3 Å². The van der Waals surface area contributed by atoms with Gasteiger partial charge in [0.05, 0.1) is 12.1 Å². The molecule has 1 aliphatic heterocycles. The smallest absolute Gasteiger partial charge is 0.248 e. The average molecular weight is 301 g/mol. The van der Waals surface area contributed by atoms with Crippen molar-refractivity contribution >= 4 is 11.6 Å². The van der Waals surface area contributed by atoms with Gasteiger partial charge in [-0.05, 0) is 18.2 Å². The monoisotopic (exact) mass is 301 g/mol. The maximum atomic E-state index is 12.0. The van der Waals surface area contributed by atoms with E-state index in [1.54, 1.807) is 16.8 Å². The van der Waals surface area contributed by atoms with Gasteiger partial charge in [-0.2, -0.15) is 5.10 Å².